The Morgan fingerprint density at radius 1 is 1.50 bits per heavy atom. The number of rotatable bonds is 1. The van der Waals surface area contributed by atoms with Gasteiger partial charge in [0.25, 0.3) is 0 Å². The lowest BCUT2D eigenvalue weighted by molar-refractivity contribution is 0.438. The average molecular weight is 166 g/mol. The highest BCUT2D eigenvalue weighted by atomic mass is 15.0. The fourth-order valence-electron chi connectivity index (χ4n) is 1.19. The van der Waals surface area contributed by atoms with Crippen molar-refractivity contribution in [2.45, 2.75) is 39.7 Å². The molecule has 12 heavy (non-hydrogen) atoms. The molecule has 0 aliphatic carbocycles. The Balaban J connectivity index is 2.62. The molecule has 2 heteroatoms. The van der Waals surface area contributed by atoms with Crippen LogP contribution in [0.4, 0.5) is 0 Å². The predicted molar refractivity (Wildman–Crippen MR) is 53.2 cm³/mol. The molecule has 0 bridgehead atoms. The highest BCUT2D eigenvalue weighted by Gasteiger charge is 2.16. The summed E-state index contributed by atoms with van der Waals surface area (Å²) in [6.45, 7) is 8.71. The summed E-state index contributed by atoms with van der Waals surface area (Å²) in [6.07, 6.45) is 4.95. The van der Waals surface area contributed by atoms with Crippen LogP contribution in [0, 0.1) is 5.92 Å². The van der Waals surface area contributed by atoms with Crippen LogP contribution in [-0.4, -0.2) is 11.8 Å². The standard InChI is InChI=1S/C10H18N2/c1-8-5-6-11-7-9(8)12-10(2,3)4/h6-8,12H,5H2,1-4H3. The van der Waals surface area contributed by atoms with Crippen molar-refractivity contribution in [3.05, 3.63) is 11.9 Å². The summed E-state index contributed by atoms with van der Waals surface area (Å²) in [6, 6.07) is 0. The molecule has 0 radical (unpaired) electrons. The van der Waals surface area contributed by atoms with E-state index in [1.54, 1.807) is 0 Å². The van der Waals surface area contributed by atoms with Gasteiger partial charge in [0.15, 0.2) is 0 Å². The van der Waals surface area contributed by atoms with Crippen molar-refractivity contribution in [2.75, 3.05) is 0 Å². The molecule has 68 valence electrons. The molecule has 1 aliphatic rings. The SMILES string of the molecule is CC1CC=NC=C1NC(C)(C)C. The van der Waals surface area contributed by atoms with Crippen molar-refractivity contribution in [3.8, 4) is 0 Å². The molecule has 1 N–H and O–H groups in total. The second kappa shape index (κ2) is 3.30. The molecule has 1 heterocycles. The van der Waals surface area contributed by atoms with Gasteiger partial charge in [0, 0.05) is 29.6 Å². The first-order valence-electron chi connectivity index (χ1n) is 4.49. The minimum atomic E-state index is 0.146. The van der Waals surface area contributed by atoms with Crippen LogP contribution in [0.3, 0.4) is 0 Å². The van der Waals surface area contributed by atoms with E-state index in [2.05, 4.69) is 38.0 Å². The summed E-state index contributed by atoms with van der Waals surface area (Å²) in [5.74, 6) is 0.585. The molecule has 0 aromatic carbocycles. The second-order valence-corrected chi connectivity index (χ2v) is 4.43. The van der Waals surface area contributed by atoms with Crippen molar-refractivity contribution in [3.63, 3.8) is 0 Å². The molecule has 2 nitrogen and oxygen atoms in total. The third kappa shape index (κ3) is 2.68. The van der Waals surface area contributed by atoms with Crippen molar-refractivity contribution in [2.24, 2.45) is 10.9 Å². The van der Waals surface area contributed by atoms with Gasteiger partial charge in [-0.25, -0.2) is 0 Å². The quantitative estimate of drug-likeness (QED) is 0.635. The Morgan fingerprint density at radius 2 is 2.17 bits per heavy atom. The monoisotopic (exact) mass is 166 g/mol. The lowest BCUT2D eigenvalue weighted by Crippen LogP contribution is -2.37. The van der Waals surface area contributed by atoms with Crippen LogP contribution in [0.25, 0.3) is 0 Å². The van der Waals surface area contributed by atoms with Crippen LogP contribution >= 0.6 is 0 Å². The maximum atomic E-state index is 4.14. The zero-order chi connectivity index (χ0) is 9.19. The summed E-state index contributed by atoms with van der Waals surface area (Å²) >= 11 is 0. The van der Waals surface area contributed by atoms with Crippen molar-refractivity contribution < 1.29 is 0 Å². The number of hydrogen-bond donors (Lipinski definition) is 1. The number of allylic oxidation sites excluding steroid dienone is 1. The smallest absolute Gasteiger partial charge is 0.0456 e. The van der Waals surface area contributed by atoms with E-state index in [0.29, 0.717) is 5.92 Å². The first-order valence-corrected chi connectivity index (χ1v) is 4.49. The zero-order valence-electron chi connectivity index (χ0n) is 8.39. The van der Waals surface area contributed by atoms with E-state index in [-0.39, 0.29) is 5.54 Å². The maximum Gasteiger partial charge on any atom is 0.0456 e. The normalized spacial score (nSPS) is 23.7. The summed E-state index contributed by atoms with van der Waals surface area (Å²) in [5, 5.41) is 3.46. The fraction of sp³-hybridized carbons (Fsp3) is 0.700. The van der Waals surface area contributed by atoms with Gasteiger partial charge in [0.1, 0.15) is 0 Å². The van der Waals surface area contributed by atoms with Gasteiger partial charge in [0.2, 0.25) is 0 Å². The molecule has 0 saturated heterocycles. The van der Waals surface area contributed by atoms with Crippen LogP contribution in [-0.2, 0) is 0 Å². The molecule has 0 saturated carbocycles. The largest absolute Gasteiger partial charge is 0.382 e. The summed E-state index contributed by atoms with van der Waals surface area (Å²) in [5.41, 5.74) is 1.40. The number of nitrogens with one attached hydrogen (secondary N) is 1. The zero-order valence-corrected chi connectivity index (χ0v) is 8.39. The molecule has 1 atom stereocenters. The lowest BCUT2D eigenvalue weighted by Gasteiger charge is -2.28. The molecule has 1 aliphatic heterocycles. The highest BCUT2D eigenvalue weighted by Crippen LogP contribution is 2.17. The number of aliphatic imine (C=N–C) groups is 1. The van der Waals surface area contributed by atoms with E-state index in [4.69, 9.17) is 0 Å². The van der Waals surface area contributed by atoms with Crippen LogP contribution in [0.2, 0.25) is 0 Å². The molecular weight excluding hydrogens is 148 g/mol. The van der Waals surface area contributed by atoms with Crippen molar-refractivity contribution in [1.29, 1.82) is 0 Å². The van der Waals surface area contributed by atoms with Gasteiger partial charge in [-0.15, -0.1) is 0 Å². The molecule has 0 spiro atoms. The van der Waals surface area contributed by atoms with E-state index < -0.39 is 0 Å². The van der Waals surface area contributed by atoms with E-state index in [0.717, 1.165) is 6.42 Å². The Hall–Kier alpha value is -0.790. The summed E-state index contributed by atoms with van der Waals surface area (Å²) in [7, 11) is 0. The summed E-state index contributed by atoms with van der Waals surface area (Å²) in [4.78, 5) is 4.14. The van der Waals surface area contributed by atoms with E-state index >= 15 is 0 Å². The van der Waals surface area contributed by atoms with E-state index in [9.17, 15) is 0 Å². The van der Waals surface area contributed by atoms with Gasteiger partial charge in [-0.1, -0.05) is 6.92 Å². The first kappa shape index (κ1) is 9.30. The maximum absolute atomic E-state index is 4.14. The van der Waals surface area contributed by atoms with Gasteiger partial charge in [-0.2, -0.15) is 0 Å². The molecule has 1 rings (SSSR count). The fourth-order valence-corrected chi connectivity index (χ4v) is 1.19. The van der Waals surface area contributed by atoms with Crippen LogP contribution in [0.15, 0.2) is 16.9 Å². The second-order valence-electron chi connectivity index (χ2n) is 4.43. The van der Waals surface area contributed by atoms with E-state index in [1.807, 2.05) is 12.4 Å². The van der Waals surface area contributed by atoms with Gasteiger partial charge in [0.05, 0.1) is 0 Å². The topological polar surface area (TPSA) is 24.4 Å². The number of nitrogens with zero attached hydrogens (tertiary/aromatic N) is 1. The molecule has 1 unspecified atom stereocenters. The molecule has 0 aromatic rings. The molecule has 0 fully saturated rings. The number of hydrogen-bond acceptors (Lipinski definition) is 2. The Bertz CT molecular complexity index is 208. The van der Waals surface area contributed by atoms with Gasteiger partial charge in [-0.05, 0) is 27.2 Å². The van der Waals surface area contributed by atoms with Crippen LogP contribution < -0.4 is 5.32 Å². The Morgan fingerprint density at radius 3 is 2.67 bits per heavy atom. The average Bonchev–Trinajstić information content (AvgIpc) is 1.91. The summed E-state index contributed by atoms with van der Waals surface area (Å²) < 4.78 is 0. The Kier molecular flexibility index (Phi) is 2.55. The van der Waals surface area contributed by atoms with Crippen molar-refractivity contribution in [1.82, 2.24) is 5.32 Å². The lowest BCUT2D eigenvalue weighted by atomic mass is 10.00. The third-order valence-electron chi connectivity index (χ3n) is 1.83. The highest BCUT2D eigenvalue weighted by molar-refractivity contribution is 5.60. The predicted octanol–water partition coefficient (Wildman–Crippen LogP) is 2.33. The molecular formula is C10H18N2. The van der Waals surface area contributed by atoms with Crippen LogP contribution in [0.5, 0.6) is 0 Å². The van der Waals surface area contributed by atoms with Gasteiger partial charge in [-0.3, -0.25) is 4.99 Å². The molecule has 0 aromatic heterocycles. The van der Waals surface area contributed by atoms with Gasteiger partial charge < -0.3 is 5.32 Å². The first-order chi connectivity index (χ1) is 5.49. The third-order valence-corrected chi connectivity index (χ3v) is 1.83. The van der Waals surface area contributed by atoms with Crippen molar-refractivity contribution >= 4 is 6.21 Å². The minimum absolute atomic E-state index is 0.146. The van der Waals surface area contributed by atoms with Crippen LogP contribution in [0.1, 0.15) is 34.1 Å². The molecule has 0 amide bonds. The minimum Gasteiger partial charge on any atom is -0.382 e. The van der Waals surface area contributed by atoms with Gasteiger partial charge >= 0.3 is 0 Å². The Labute approximate surface area is 74.8 Å². The van der Waals surface area contributed by atoms with E-state index in [1.165, 1.54) is 5.70 Å².